The first kappa shape index (κ1) is 8.75. The molecular weight excluding hydrogens is 164 g/mol. The molecule has 72 valence electrons. The van der Waals surface area contributed by atoms with Crippen molar-refractivity contribution in [1.82, 2.24) is 9.80 Å². The van der Waals surface area contributed by atoms with Crippen molar-refractivity contribution >= 4 is 5.91 Å². The summed E-state index contributed by atoms with van der Waals surface area (Å²) in [5.41, 5.74) is 0. The van der Waals surface area contributed by atoms with E-state index in [1.54, 1.807) is 0 Å². The molecule has 0 bridgehead atoms. The van der Waals surface area contributed by atoms with E-state index in [-0.39, 0.29) is 5.91 Å². The molecule has 3 nitrogen and oxygen atoms in total. The van der Waals surface area contributed by atoms with E-state index >= 15 is 0 Å². The average Bonchev–Trinajstić information content (AvgIpc) is 2.54. The van der Waals surface area contributed by atoms with Crippen LogP contribution in [-0.2, 0) is 4.79 Å². The molecule has 2 aliphatic heterocycles. The highest BCUT2D eigenvalue weighted by Crippen LogP contribution is 2.19. The monoisotopic (exact) mass is 180 g/mol. The van der Waals surface area contributed by atoms with Crippen LogP contribution in [0.25, 0.3) is 0 Å². The van der Waals surface area contributed by atoms with Crippen LogP contribution in [0.4, 0.5) is 0 Å². The standard InChI is InChI=1S/C10H16N2O/c1-2-10(13)12-7-9(8-12)11-5-3-4-6-11/h2,9H,1,3-8H2. The topological polar surface area (TPSA) is 23.6 Å². The molecule has 0 unspecified atom stereocenters. The van der Waals surface area contributed by atoms with Crippen LogP contribution in [0.3, 0.4) is 0 Å². The number of carbonyl (C=O) groups is 1. The van der Waals surface area contributed by atoms with Gasteiger partial charge in [-0.3, -0.25) is 9.69 Å². The average molecular weight is 180 g/mol. The summed E-state index contributed by atoms with van der Waals surface area (Å²) in [6.07, 6.45) is 4.05. The Hall–Kier alpha value is -0.830. The summed E-state index contributed by atoms with van der Waals surface area (Å²) in [4.78, 5) is 15.5. The van der Waals surface area contributed by atoms with Crippen LogP contribution in [0.15, 0.2) is 12.7 Å². The Morgan fingerprint density at radius 3 is 2.46 bits per heavy atom. The predicted molar refractivity (Wildman–Crippen MR) is 51.4 cm³/mol. The number of hydrogen-bond acceptors (Lipinski definition) is 2. The Labute approximate surface area is 79.0 Å². The van der Waals surface area contributed by atoms with Crippen molar-refractivity contribution in [3.8, 4) is 0 Å². The molecule has 2 heterocycles. The second-order valence-corrected chi connectivity index (χ2v) is 3.84. The van der Waals surface area contributed by atoms with Gasteiger partial charge in [0.05, 0.1) is 0 Å². The number of carbonyl (C=O) groups excluding carboxylic acids is 1. The number of rotatable bonds is 2. The van der Waals surface area contributed by atoms with E-state index < -0.39 is 0 Å². The van der Waals surface area contributed by atoms with Crippen LogP contribution in [0, 0.1) is 0 Å². The maximum atomic E-state index is 11.1. The van der Waals surface area contributed by atoms with E-state index in [4.69, 9.17) is 0 Å². The zero-order valence-corrected chi connectivity index (χ0v) is 7.91. The minimum absolute atomic E-state index is 0.0791. The van der Waals surface area contributed by atoms with Crippen molar-refractivity contribution in [2.75, 3.05) is 26.2 Å². The van der Waals surface area contributed by atoms with E-state index in [0.717, 1.165) is 13.1 Å². The number of nitrogens with zero attached hydrogens (tertiary/aromatic N) is 2. The number of hydrogen-bond donors (Lipinski definition) is 0. The van der Waals surface area contributed by atoms with Gasteiger partial charge >= 0.3 is 0 Å². The molecule has 0 N–H and O–H groups in total. The molecule has 0 atom stereocenters. The van der Waals surface area contributed by atoms with Gasteiger partial charge in [-0.05, 0) is 32.0 Å². The lowest BCUT2D eigenvalue weighted by Gasteiger charge is -2.43. The van der Waals surface area contributed by atoms with Crippen molar-refractivity contribution < 1.29 is 4.79 Å². The quantitative estimate of drug-likeness (QED) is 0.577. The Balaban J connectivity index is 1.77. The molecule has 2 fully saturated rings. The molecule has 0 spiro atoms. The van der Waals surface area contributed by atoms with Crippen LogP contribution in [0.5, 0.6) is 0 Å². The first-order valence-corrected chi connectivity index (χ1v) is 4.96. The summed E-state index contributed by atoms with van der Waals surface area (Å²) >= 11 is 0. The molecular formula is C10H16N2O. The lowest BCUT2D eigenvalue weighted by molar-refractivity contribution is -0.132. The third-order valence-electron chi connectivity index (χ3n) is 3.01. The molecule has 0 aromatic carbocycles. The van der Waals surface area contributed by atoms with E-state index in [9.17, 15) is 4.79 Å². The highest BCUT2D eigenvalue weighted by molar-refractivity contribution is 5.87. The second-order valence-electron chi connectivity index (χ2n) is 3.84. The molecule has 0 radical (unpaired) electrons. The molecule has 0 saturated carbocycles. The van der Waals surface area contributed by atoms with Gasteiger partial charge in [0.15, 0.2) is 0 Å². The van der Waals surface area contributed by atoms with Crippen LogP contribution < -0.4 is 0 Å². The fraction of sp³-hybridized carbons (Fsp3) is 0.700. The van der Waals surface area contributed by atoms with Crippen LogP contribution in [0.2, 0.25) is 0 Å². The van der Waals surface area contributed by atoms with Gasteiger partial charge in [-0.15, -0.1) is 0 Å². The van der Waals surface area contributed by atoms with Gasteiger partial charge in [0.2, 0.25) is 5.91 Å². The van der Waals surface area contributed by atoms with E-state index in [1.165, 1.54) is 32.0 Å². The van der Waals surface area contributed by atoms with E-state index in [1.807, 2.05) is 4.90 Å². The van der Waals surface area contributed by atoms with Crippen molar-refractivity contribution in [2.45, 2.75) is 18.9 Å². The van der Waals surface area contributed by atoms with Gasteiger partial charge < -0.3 is 4.90 Å². The molecule has 0 aromatic rings. The SMILES string of the molecule is C=CC(=O)N1CC(N2CCCC2)C1. The Morgan fingerprint density at radius 1 is 1.31 bits per heavy atom. The normalized spacial score (nSPS) is 24.5. The summed E-state index contributed by atoms with van der Waals surface area (Å²) in [6.45, 7) is 7.74. The molecule has 2 saturated heterocycles. The third-order valence-corrected chi connectivity index (χ3v) is 3.01. The fourth-order valence-electron chi connectivity index (χ4n) is 2.10. The first-order valence-electron chi connectivity index (χ1n) is 4.96. The van der Waals surface area contributed by atoms with Crippen LogP contribution in [0.1, 0.15) is 12.8 Å². The molecule has 2 rings (SSSR count). The van der Waals surface area contributed by atoms with Crippen LogP contribution in [-0.4, -0.2) is 47.9 Å². The molecule has 2 aliphatic rings. The van der Waals surface area contributed by atoms with Gasteiger partial charge in [-0.2, -0.15) is 0 Å². The molecule has 0 aromatic heterocycles. The largest absolute Gasteiger partial charge is 0.336 e. The summed E-state index contributed by atoms with van der Waals surface area (Å²) in [6, 6.07) is 0.631. The third kappa shape index (κ3) is 1.61. The Morgan fingerprint density at radius 2 is 1.92 bits per heavy atom. The second kappa shape index (κ2) is 3.50. The number of likely N-dealkylation sites (tertiary alicyclic amines) is 2. The van der Waals surface area contributed by atoms with Crippen LogP contribution >= 0.6 is 0 Å². The Bertz CT molecular complexity index is 215. The maximum absolute atomic E-state index is 11.1. The summed E-state index contributed by atoms with van der Waals surface area (Å²) in [7, 11) is 0. The van der Waals surface area contributed by atoms with Gasteiger partial charge in [-0.1, -0.05) is 6.58 Å². The van der Waals surface area contributed by atoms with Gasteiger partial charge in [0.25, 0.3) is 0 Å². The maximum Gasteiger partial charge on any atom is 0.246 e. The molecule has 13 heavy (non-hydrogen) atoms. The van der Waals surface area contributed by atoms with Gasteiger partial charge in [0, 0.05) is 19.1 Å². The molecule has 1 amide bonds. The zero-order valence-electron chi connectivity index (χ0n) is 7.91. The molecule has 0 aliphatic carbocycles. The van der Waals surface area contributed by atoms with Crippen molar-refractivity contribution in [3.63, 3.8) is 0 Å². The summed E-state index contributed by atoms with van der Waals surface area (Å²) in [5.74, 6) is 0.0791. The highest BCUT2D eigenvalue weighted by Gasteiger charge is 2.34. The van der Waals surface area contributed by atoms with Gasteiger partial charge in [-0.25, -0.2) is 0 Å². The lowest BCUT2D eigenvalue weighted by atomic mass is 10.1. The predicted octanol–water partition coefficient (Wildman–Crippen LogP) is 0.479. The number of amides is 1. The summed E-state index contributed by atoms with van der Waals surface area (Å²) in [5, 5.41) is 0. The summed E-state index contributed by atoms with van der Waals surface area (Å²) < 4.78 is 0. The van der Waals surface area contributed by atoms with Crippen molar-refractivity contribution in [2.24, 2.45) is 0 Å². The highest BCUT2D eigenvalue weighted by atomic mass is 16.2. The van der Waals surface area contributed by atoms with E-state index in [2.05, 4.69) is 11.5 Å². The van der Waals surface area contributed by atoms with Crippen molar-refractivity contribution in [1.29, 1.82) is 0 Å². The van der Waals surface area contributed by atoms with E-state index in [0.29, 0.717) is 6.04 Å². The minimum atomic E-state index is 0.0791. The smallest absolute Gasteiger partial charge is 0.246 e. The fourth-order valence-corrected chi connectivity index (χ4v) is 2.10. The Kier molecular flexibility index (Phi) is 2.36. The lowest BCUT2D eigenvalue weighted by Crippen LogP contribution is -2.60. The zero-order chi connectivity index (χ0) is 9.26. The molecule has 3 heteroatoms. The van der Waals surface area contributed by atoms with Gasteiger partial charge in [0.1, 0.15) is 0 Å². The minimum Gasteiger partial charge on any atom is -0.336 e. The van der Waals surface area contributed by atoms with Crippen molar-refractivity contribution in [3.05, 3.63) is 12.7 Å². The first-order chi connectivity index (χ1) is 6.31.